The number of nitrogens with zero attached hydrogens (tertiary/aromatic N) is 1. The van der Waals surface area contributed by atoms with E-state index in [0.717, 1.165) is 18.3 Å². The zero-order chi connectivity index (χ0) is 13.8. The molecule has 0 unspecified atom stereocenters. The van der Waals surface area contributed by atoms with Crippen LogP contribution in [0.25, 0.3) is 0 Å². The summed E-state index contributed by atoms with van der Waals surface area (Å²) in [7, 11) is 0. The van der Waals surface area contributed by atoms with Crippen LogP contribution >= 0.6 is 0 Å². The Morgan fingerprint density at radius 3 is 2.68 bits per heavy atom. The summed E-state index contributed by atoms with van der Waals surface area (Å²) in [4.78, 5) is 14.3. The number of aromatic carboxylic acids is 1. The Morgan fingerprint density at radius 1 is 1.26 bits per heavy atom. The van der Waals surface area contributed by atoms with Gasteiger partial charge in [-0.3, -0.25) is 4.98 Å². The molecule has 1 heterocycles. The summed E-state index contributed by atoms with van der Waals surface area (Å²) in [5.74, 6) is -2.57. The molecule has 2 aromatic rings. The molecule has 0 radical (unpaired) electrons. The molecule has 0 saturated carbocycles. The lowest BCUT2D eigenvalue weighted by atomic mass is 10.2. The molecule has 1 aromatic carbocycles. The molecule has 1 N–H and O–H groups in total. The van der Waals surface area contributed by atoms with E-state index in [-0.39, 0.29) is 12.4 Å². The molecule has 0 aliphatic carbocycles. The summed E-state index contributed by atoms with van der Waals surface area (Å²) in [5.41, 5.74) is 0.0579. The van der Waals surface area contributed by atoms with E-state index >= 15 is 0 Å². The fraction of sp³-hybridized carbons (Fsp3) is 0.0769. The van der Waals surface area contributed by atoms with Gasteiger partial charge in [0.15, 0.2) is 0 Å². The maximum Gasteiger partial charge on any atom is 0.338 e. The number of pyridine rings is 1. The highest BCUT2D eigenvalue weighted by Gasteiger charge is 2.10. The highest BCUT2D eigenvalue weighted by atomic mass is 19.1. The van der Waals surface area contributed by atoms with E-state index in [2.05, 4.69) is 4.98 Å². The summed E-state index contributed by atoms with van der Waals surface area (Å²) >= 11 is 0. The third kappa shape index (κ3) is 3.25. The van der Waals surface area contributed by atoms with Crippen molar-refractivity contribution in [1.82, 2.24) is 4.98 Å². The summed E-state index contributed by atoms with van der Waals surface area (Å²) in [6, 6.07) is 4.65. The van der Waals surface area contributed by atoms with E-state index in [1.165, 1.54) is 18.3 Å². The Hall–Kier alpha value is -2.50. The number of hydrogen-bond acceptors (Lipinski definition) is 3. The van der Waals surface area contributed by atoms with E-state index < -0.39 is 23.2 Å². The molecular weight excluding hydrogens is 256 g/mol. The number of aromatic nitrogens is 1. The Labute approximate surface area is 107 Å². The number of carboxylic acid groups (broad SMARTS) is 1. The van der Waals surface area contributed by atoms with Gasteiger partial charge in [-0.2, -0.15) is 0 Å². The summed E-state index contributed by atoms with van der Waals surface area (Å²) in [5, 5.41) is 8.66. The molecule has 6 heteroatoms. The first-order valence-corrected chi connectivity index (χ1v) is 5.31. The fourth-order valence-corrected chi connectivity index (χ4v) is 1.46. The largest absolute Gasteiger partial charge is 0.489 e. The zero-order valence-electron chi connectivity index (χ0n) is 9.64. The molecule has 0 aliphatic heterocycles. The lowest BCUT2D eigenvalue weighted by molar-refractivity contribution is 0.0692. The van der Waals surface area contributed by atoms with Crippen molar-refractivity contribution in [2.75, 3.05) is 0 Å². The van der Waals surface area contributed by atoms with Crippen LogP contribution in [-0.4, -0.2) is 16.1 Å². The minimum absolute atomic E-state index is 0.0105. The Kier molecular flexibility index (Phi) is 3.70. The first kappa shape index (κ1) is 12.9. The number of rotatable bonds is 4. The van der Waals surface area contributed by atoms with Crippen molar-refractivity contribution in [3.05, 3.63) is 59.4 Å². The van der Waals surface area contributed by atoms with Crippen LogP contribution in [0.1, 0.15) is 15.9 Å². The van der Waals surface area contributed by atoms with Crippen molar-refractivity contribution in [2.24, 2.45) is 0 Å². The molecule has 4 nitrogen and oxygen atoms in total. The van der Waals surface area contributed by atoms with Gasteiger partial charge in [-0.15, -0.1) is 0 Å². The molecule has 0 saturated heterocycles. The lowest BCUT2D eigenvalue weighted by Gasteiger charge is -2.07. The average Bonchev–Trinajstić information content (AvgIpc) is 2.36. The molecule has 2 rings (SSSR count). The number of hydrogen-bond donors (Lipinski definition) is 1. The van der Waals surface area contributed by atoms with Crippen molar-refractivity contribution in [3.63, 3.8) is 0 Å². The van der Waals surface area contributed by atoms with Crippen molar-refractivity contribution >= 4 is 5.97 Å². The molecule has 0 fully saturated rings. The van der Waals surface area contributed by atoms with Gasteiger partial charge < -0.3 is 9.84 Å². The summed E-state index contributed by atoms with van der Waals surface area (Å²) < 4.78 is 31.4. The predicted molar refractivity (Wildman–Crippen MR) is 61.9 cm³/mol. The molecule has 0 aliphatic rings. The third-order valence-corrected chi connectivity index (χ3v) is 2.34. The maximum atomic E-state index is 13.4. The maximum absolute atomic E-state index is 13.4. The Morgan fingerprint density at radius 2 is 2.05 bits per heavy atom. The van der Waals surface area contributed by atoms with Gasteiger partial charge in [0.1, 0.15) is 24.0 Å². The second kappa shape index (κ2) is 5.43. The van der Waals surface area contributed by atoms with Crippen LogP contribution in [-0.2, 0) is 6.61 Å². The highest BCUT2D eigenvalue weighted by Crippen LogP contribution is 2.18. The van der Waals surface area contributed by atoms with Gasteiger partial charge >= 0.3 is 5.97 Å². The fourth-order valence-electron chi connectivity index (χ4n) is 1.46. The Balaban J connectivity index is 2.08. The van der Waals surface area contributed by atoms with Gasteiger partial charge in [0.25, 0.3) is 0 Å². The molecule has 0 bridgehead atoms. The topological polar surface area (TPSA) is 59.4 Å². The monoisotopic (exact) mass is 265 g/mol. The quantitative estimate of drug-likeness (QED) is 0.923. The number of carboxylic acids is 1. The first-order chi connectivity index (χ1) is 9.06. The van der Waals surface area contributed by atoms with E-state index in [4.69, 9.17) is 9.84 Å². The van der Waals surface area contributed by atoms with Crippen LogP contribution in [0.15, 0.2) is 36.7 Å². The summed E-state index contributed by atoms with van der Waals surface area (Å²) in [6.07, 6.45) is 2.48. The normalized spacial score (nSPS) is 10.2. The second-order valence-electron chi connectivity index (χ2n) is 3.75. The van der Waals surface area contributed by atoms with Crippen LogP contribution in [0.5, 0.6) is 5.75 Å². The first-order valence-electron chi connectivity index (χ1n) is 5.31. The number of ether oxygens (including phenoxy) is 1. The molecular formula is C13H9F2NO3. The van der Waals surface area contributed by atoms with Gasteiger partial charge in [-0.05, 0) is 18.2 Å². The van der Waals surface area contributed by atoms with Gasteiger partial charge in [0, 0.05) is 17.8 Å². The smallest absolute Gasteiger partial charge is 0.338 e. The molecule has 19 heavy (non-hydrogen) atoms. The number of carbonyl (C=O) groups is 1. The van der Waals surface area contributed by atoms with Crippen molar-refractivity contribution in [1.29, 1.82) is 0 Å². The SMILES string of the molecule is O=C(O)c1ccc(OCc2cncc(F)c2)cc1F. The average molecular weight is 265 g/mol. The van der Waals surface area contributed by atoms with E-state index in [0.29, 0.717) is 5.56 Å². The van der Waals surface area contributed by atoms with Crippen LogP contribution in [0.2, 0.25) is 0 Å². The van der Waals surface area contributed by atoms with Gasteiger partial charge in [0.2, 0.25) is 0 Å². The van der Waals surface area contributed by atoms with Crippen molar-refractivity contribution < 1.29 is 23.4 Å². The third-order valence-electron chi connectivity index (χ3n) is 2.34. The van der Waals surface area contributed by atoms with Crippen LogP contribution in [0.3, 0.4) is 0 Å². The zero-order valence-corrected chi connectivity index (χ0v) is 9.64. The minimum atomic E-state index is -1.35. The van der Waals surface area contributed by atoms with Crippen molar-refractivity contribution in [2.45, 2.75) is 6.61 Å². The van der Waals surface area contributed by atoms with Crippen LogP contribution < -0.4 is 4.74 Å². The van der Waals surface area contributed by atoms with E-state index in [1.54, 1.807) is 0 Å². The van der Waals surface area contributed by atoms with E-state index in [9.17, 15) is 13.6 Å². The van der Waals surface area contributed by atoms with Gasteiger partial charge in [-0.1, -0.05) is 0 Å². The second-order valence-corrected chi connectivity index (χ2v) is 3.75. The lowest BCUT2D eigenvalue weighted by Crippen LogP contribution is -2.02. The number of benzene rings is 1. The van der Waals surface area contributed by atoms with Crippen LogP contribution in [0.4, 0.5) is 8.78 Å². The molecule has 0 spiro atoms. The minimum Gasteiger partial charge on any atom is -0.489 e. The summed E-state index contributed by atoms with van der Waals surface area (Å²) in [6.45, 7) is 0.0105. The Bertz CT molecular complexity index is 617. The molecule has 98 valence electrons. The van der Waals surface area contributed by atoms with Gasteiger partial charge in [-0.25, -0.2) is 13.6 Å². The highest BCUT2D eigenvalue weighted by molar-refractivity contribution is 5.88. The standard InChI is InChI=1S/C13H9F2NO3/c14-9-3-8(5-16-6-9)7-19-10-1-2-11(13(17)18)12(15)4-10/h1-6H,7H2,(H,17,18). The predicted octanol–water partition coefficient (Wildman–Crippen LogP) is 2.64. The van der Waals surface area contributed by atoms with E-state index in [1.807, 2.05) is 0 Å². The molecule has 0 amide bonds. The van der Waals surface area contributed by atoms with Crippen LogP contribution in [0, 0.1) is 11.6 Å². The molecule has 0 atom stereocenters. The number of halogens is 2. The van der Waals surface area contributed by atoms with Gasteiger partial charge in [0.05, 0.1) is 11.8 Å². The van der Waals surface area contributed by atoms with Crippen molar-refractivity contribution in [3.8, 4) is 5.75 Å². The molecule has 1 aromatic heterocycles.